The number of nitrogens with one attached hydrogen (secondary N) is 1. The van der Waals surface area contributed by atoms with Gasteiger partial charge in [0.15, 0.2) is 12.4 Å². The first-order valence-electron chi connectivity index (χ1n) is 18.1. The SMILES string of the molecule is C=CC(=O)N1CC2(CCN(c3nc(OC4CC5CCC4N5C)nc4c(OCC(F)(F)F)c(-c5c(C)ccc6[nH]ncc56)c(C5CC5)cc34)CC2)C1. The third kappa shape index (κ3) is 5.59. The summed E-state index contributed by atoms with van der Waals surface area (Å²) in [7, 11) is 2.12. The van der Waals surface area contributed by atoms with Crippen molar-refractivity contribution in [1.82, 2.24) is 30.0 Å². The third-order valence-corrected chi connectivity index (χ3v) is 12.2. The zero-order valence-corrected chi connectivity index (χ0v) is 28.9. The Bertz CT molecular complexity index is 2040. The van der Waals surface area contributed by atoms with E-state index in [1.54, 1.807) is 6.20 Å². The van der Waals surface area contributed by atoms with Gasteiger partial charge in [0.2, 0.25) is 5.91 Å². The van der Waals surface area contributed by atoms with Crippen LogP contribution in [0.15, 0.2) is 37.1 Å². The van der Waals surface area contributed by atoms with Gasteiger partial charge in [0, 0.05) is 66.4 Å². The molecule has 1 N–H and O–H groups in total. The molecule has 3 atom stereocenters. The number of carbonyl (C=O) groups excluding carboxylic acids is 1. The number of alkyl halides is 3. The standard InChI is InChI=1S/C38H42F3N7O3/c1-4-30(49)48-18-37(19-48)11-13-47(14-12-37)35-25-16-24(22-6-7-22)32(31-21(2)5-9-27-26(31)17-42-45-27)34(50-20-38(39,40)41)33(25)43-36(44-35)51-29-15-23-8-10-28(29)46(23)3/h4-5,9,16-17,22-23,28-29H,1,6-8,10-15,18-20H2,2-3H3,(H,42,45). The number of halogens is 3. The van der Waals surface area contributed by atoms with Crippen LogP contribution < -0.4 is 14.4 Å². The maximum atomic E-state index is 14.0. The number of hydrogen-bond acceptors (Lipinski definition) is 8. The molecule has 13 heteroatoms. The first-order valence-corrected chi connectivity index (χ1v) is 18.1. The summed E-state index contributed by atoms with van der Waals surface area (Å²) in [5.74, 6) is 0.881. The first kappa shape index (κ1) is 32.5. The van der Waals surface area contributed by atoms with Crippen molar-refractivity contribution in [3.63, 3.8) is 0 Å². The molecule has 4 aliphatic heterocycles. The van der Waals surface area contributed by atoms with Gasteiger partial charge in [-0.15, -0.1) is 0 Å². The molecule has 2 bridgehead atoms. The van der Waals surface area contributed by atoms with Crippen molar-refractivity contribution >= 4 is 33.5 Å². The Morgan fingerprint density at radius 2 is 1.88 bits per heavy atom. The van der Waals surface area contributed by atoms with Crippen molar-refractivity contribution in [2.24, 2.45) is 5.41 Å². The van der Waals surface area contributed by atoms with Crippen LogP contribution in [0.5, 0.6) is 11.8 Å². The molecule has 5 fully saturated rings. The number of fused-ring (bicyclic) bond motifs is 4. The lowest BCUT2D eigenvalue weighted by Crippen LogP contribution is -2.61. The van der Waals surface area contributed by atoms with E-state index >= 15 is 0 Å². The molecule has 6 heterocycles. The minimum absolute atomic E-state index is 0.0408. The second-order valence-corrected chi connectivity index (χ2v) is 15.4. The van der Waals surface area contributed by atoms with Gasteiger partial charge < -0.3 is 19.3 Å². The molecule has 1 amide bonds. The quantitative estimate of drug-likeness (QED) is 0.207. The highest BCUT2D eigenvalue weighted by atomic mass is 19.4. The van der Waals surface area contributed by atoms with Gasteiger partial charge in [-0.05, 0) is 93.3 Å². The highest BCUT2D eigenvalue weighted by molar-refractivity contribution is 6.06. The second kappa shape index (κ2) is 11.8. The molecular weight excluding hydrogens is 659 g/mol. The number of piperidine rings is 1. The van der Waals surface area contributed by atoms with E-state index in [0.29, 0.717) is 54.5 Å². The van der Waals surface area contributed by atoms with E-state index in [1.807, 2.05) is 24.0 Å². The monoisotopic (exact) mass is 701 g/mol. The van der Waals surface area contributed by atoms with Crippen molar-refractivity contribution in [2.45, 2.75) is 82.2 Å². The number of ether oxygens (including phenoxy) is 2. The van der Waals surface area contributed by atoms with E-state index in [4.69, 9.17) is 19.4 Å². The minimum atomic E-state index is -4.57. The number of aromatic amines is 1. The molecule has 2 aromatic heterocycles. The summed E-state index contributed by atoms with van der Waals surface area (Å²) in [5.41, 5.74) is 4.43. The van der Waals surface area contributed by atoms with Crippen molar-refractivity contribution in [2.75, 3.05) is 44.7 Å². The Hall–Kier alpha value is -4.39. The topological polar surface area (TPSA) is 99.7 Å². The molecule has 4 saturated heterocycles. The predicted molar refractivity (Wildman–Crippen MR) is 187 cm³/mol. The normalized spacial score (nSPS) is 24.5. The second-order valence-electron chi connectivity index (χ2n) is 15.4. The number of likely N-dealkylation sites (tertiary alicyclic amines) is 1. The van der Waals surface area contributed by atoms with Gasteiger partial charge in [0.05, 0.1) is 11.7 Å². The van der Waals surface area contributed by atoms with Crippen LogP contribution in [0, 0.1) is 12.3 Å². The van der Waals surface area contributed by atoms with Gasteiger partial charge in [0.25, 0.3) is 0 Å². The van der Waals surface area contributed by atoms with E-state index in [2.05, 4.69) is 39.7 Å². The van der Waals surface area contributed by atoms with Gasteiger partial charge in [-0.25, -0.2) is 0 Å². The van der Waals surface area contributed by atoms with Crippen molar-refractivity contribution in [1.29, 1.82) is 0 Å². The predicted octanol–water partition coefficient (Wildman–Crippen LogP) is 6.53. The van der Waals surface area contributed by atoms with Crippen LogP contribution in [-0.2, 0) is 4.79 Å². The van der Waals surface area contributed by atoms with Crippen LogP contribution in [0.25, 0.3) is 32.9 Å². The molecule has 1 spiro atoms. The fourth-order valence-corrected chi connectivity index (χ4v) is 9.26. The summed E-state index contributed by atoms with van der Waals surface area (Å²) >= 11 is 0. The van der Waals surface area contributed by atoms with Crippen LogP contribution in [0.4, 0.5) is 19.0 Å². The zero-order chi connectivity index (χ0) is 35.2. The van der Waals surface area contributed by atoms with Crippen LogP contribution in [0.3, 0.4) is 0 Å². The van der Waals surface area contributed by atoms with Gasteiger partial charge in [-0.2, -0.15) is 28.2 Å². The maximum absolute atomic E-state index is 14.0. The molecule has 5 aliphatic rings. The van der Waals surface area contributed by atoms with Gasteiger partial charge in [-0.1, -0.05) is 12.6 Å². The van der Waals surface area contributed by atoms with Crippen molar-refractivity contribution in [3.8, 4) is 22.9 Å². The molecule has 2 aromatic carbocycles. The van der Waals surface area contributed by atoms with Gasteiger partial charge in [0.1, 0.15) is 17.4 Å². The number of amides is 1. The Morgan fingerprint density at radius 3 is 2.55 bits per heavy atom. The number of nitrogens with zero attached hydrogens (tertiary/aromatic N) is 6. The zero-order valence-electron chi connectivity index (χ0n) is 28.9. The number of aryl methyl sites for hydroxylation is 1. The summed E-state index contributed by atoms with van der Waals surface area (Å²) < 4.78 is 54.7. The van der Waals surface area contributed by atoms with Gasteiger partial charge in [-0.3, -0.25) is 14.8 Å². The van der Waals surface area contributed by atoms with Gasteiger partial charge >= 0.3 is 12.2 Å². The first-order chi connectivity index (χ1) is 24.5. The van der Waals surface area contributed by atoms with E-state index in [-0.39, 0.29) is 41.1 Å². The third-order valence-electron chi connectivity index (χ3n) is 12.2. The lowest BCUT2D eigenvalue weighted by molar-refractivity contribution is -0.153. The molecule has 10 nitrogen and oxygen atoms in total. The summed E-state index contributed by atoms with van der Waals surface area (Å²) in [4.78, 5) is 28.7. The molecule has 0 radical (unpaired) electrons. The number of H-pyrrole nitrogens is 1. The van der Waals surface area contributed by atoms with E-state index in [0.717, 1.165) is 72.5 Å². The number of aromatic nitrogens is 4. The number of benzene rings is 2. The highest BCUT2D eigenvalue weighted by Crippen LogP contribution is 2.53. The Labute approximate surface area is 294 Å². The molecule has 1 aliphatic carbocycles. The Kier molecular flexibility index (Phi) is 7.54. The fourth-order valence-electron chi connectivity index (χ4n) is 9.26. The van der Waals surface area contributed by atoms with Crippen LogP contribution in [-0.4, -0.2) is 100 Å². The Balaban J connectivity index is 1.21. The number of carbonyl (C=O) groups is 1. The van der Waals surface area contributed by atoms with Crippen LogP contribution >= 0.6 is 0 Å². The average Bonchev–Trinajstić information content (AvgIpc) is 3.63. The van der Waals surface area contributed by atoms with E-state index < -0.39 is 12.8 Å². The van der Waals surface area contributed by atoms with Crippen molar-refractivity contribution in [3.05, 3.63) is 48.2 Å². The average molecular weight is 702 g/mol. The smallest absolute Gasteiger partial charge is 0.422 e. The van der Waals surface area contributed by atoms with Crippen LogP contribution in [0.1, 0.15) is 62.0 Å². The molecule has 51 heavy (non-hydrogen) atoms. The van der Waals surface area contributed by atoms with E-state index in [9.17, 15) is 18.0 Å². The van der Waals surface area contributed by atoms with Crippen LogP contribution in [0.2, 0.25) is 0 Å². The lowest BCUT2D eigenvalue weighted by Gasteiger charge is -2.54. The fraction of sp³-hybridized carbons (Fsp3) is 0.526. The lowest BCUT2D eigenvalue weighted by atomic mass is 9.72. The number of hydrogen-bond donors (Lipinski definition) is 1. The number of rotatable bonds is 8. The summed E-state index contributed by atoms with van der Waals surface area (Å²) in [6, 6.07) is 6.83. The maximum Gasteiger partial charge on any atom is 0.422 e. The molecule has 1 saturated carbocycles. The van der Waals surface area contributed by atoms with Crippen molar-refractivity contribution < 1.29 is 27.4 Å². The molecular formula is C38H42F3N7O3. The van der Waals surface area contributed by atoms with E-state index in [1.165, 1.54) is 6.08 Å². The number of anilines is 1. The molecule has 268 valence electrons. The molecule has 3 unspecified atom stereocenters. The molecule has 4 aromatic rings. The Morgan fingerprint density at radius 1 is 1.10 bits per heavy atom. The largest absolute Gasteiger partial charge is 0.481 e. The summed E-state index contributed by atoms with van der Waals surface area (Å²) in [6.07, 6.45) is 5.00. The highest BCUT2D eigenvalue weighted by Gasteiger charge is 2.48. The molecule has 9 rings (SSSR count). The number of likely N-dealkylation sites (N-methyl/N-ethyl adjacent to an activating group) is 1. The minimum Gasteiger partial charge on any atom is -0.481 e. The summed E-state index contributed by atoms with van der Waals surface area (Å²) in [6.45, 7) is 6.92. The summed E-state index contributed by atoms with van der Waals surface area (Å²) in [5, 5.41) is 8.79.